The molecule has 0 aliphatic carbocycles. The van der Waals surface area contributed by atoms with E-state index in [1.807, 2.05) is 0 Å². The molecule has 0 saturated heterocycles. The number of rotatable bonds is 4. The highest BCUT2D eigenvalue weighted by atomic mass is 79.9. The van der Waals surface area contributed by atoms with E-state index in [-0.39, 0.29) is 0 Å². The summed E-state index contributed by atoms with van der Waals surface area (Å²) in [7, 11) is 0. The highest BCUT2D eigenvalue weighted by Gasteiger charge is 2.04. The Morgan fingerprint density at radius 3 is 2.53 bits per heavy atom. The molecular weight excluding hydrogens is 292 g/mol. The summed E-state index contributed by atoms with van der Waals surface area (Å²) in [6, 6.07) is 3.42. The standard InChI is InChI=1S/C11H10BrF2N3/c12-2-1-11-7-17(16-15-11)6-8-3-9(13)5-10(14)4-8/h3-5,7H,1-2,6H2. The number of nitrogens with zero attached hydrogens (tertiary/aromatic N) is 3. The van der Waals surface area contributed by atoms with Crippen molar-refractivity contribution in [1.29, 1.82) is 0 Å². The normalized spacial score (nSPS) is 10.8. The lowest BCUT2D eigenvalue weighted by Crippen LogP contribution is -2.01. The molecule has 0 spiro atoms. The van der Waals surface area contributed by atoms with Crippen LogP contribution in [0.4, 0.5) is 8.78 Å². The number of hydrogen-bond donors (Lipinski definition) is 0. The molecule has 6 heteroatoms. The van der Waals surface area contributed by atoms with Crippen molar-refractivity contribution in [2.75, 3.05) is 5.33 Å². The van der Waals surface area contributed by atoms with E-state index in [0.29, 0.717) is 12.1 Å². The second-order valence-corrected chi connectivity index (χ2v) is 4.42. The number of halogens is 3. The van der Waals surface area contributed by atoms with Crippen molar-refractivity contribution >= 4 is 15.9 Å². The molecule has 0 amide bonds. The van der Waals surface area contributed by atoms with Gasteiger partial charge in [0.2, 0.25) is 0 Å². The van der Waals surface area contributed by atoms with Gasteiger partial charge in [0.05, 0.1) is 12.2 Å². The van der Waals surface area contributed by atoms with Crippen LogP contribution in [0.3, 0.4) is 0 Å². The van der Waals surface area contributed by atoms with Gasteiger partial charge < -0.3 is 0 Å². The zero-order chi connectivity index (χ0) is 12.3. The van der Waals surface area contributed by atoms with Crippen molar-refractivity contribution in [3.63, 3.8) is 0 Å². The molecule has 1 aromatic heterocycles. The Balaban J connectivity index is 2.13. The second-order valence-electron chi connectivity index (χ2n) is 3.62. The maximum Gasteiger partial charge on any atom is 0.126 e. The summed E-state index contributed by atoms with van der Waals surface area (Å²) in [4.78, 5) is 0. The van der Waals surface area contributed by atoms with E-state index in [2.05, 4.69) is 26.2 Å². The Morgan fingerprint density at radius 1 is 1.18 bits per heavy atom. The van der Waals surface area contributed by atoms with Gasteiger partial charge in [0, 0.05) is 24.0 Å². The van der Waals surface area contributed by atoms with Crippen LogP contribution in [0.2, 0.25) is 0 Å². The van der Waals surface area contributed by atoms with Crippen LogP contribution in [-0.4, -0.2) is 20.3 Å². The molecule has 1 heterocycles. The Labute approximate surface area is 106 Å². The molecule has 3 nitrogen and oxygen atoms in total. The molecule has 0 bridgehead atoms. The van der Waals surface area contributed by atoms with Crippen molar-refractivity contribution in [2.45, 2.75) is 13.0 Å². The van der Waals surface area contributed by atoms with E-state index in [1.54, 1.807) is 10.9 Å². The molecule has 17 heavy (non-hydrogen) atoms. The maximum absolute atomic E-state index is 13.0. The molecule has 0 saturated carbocycles. The first-order valence-electron chi connectivity index (χ1n) is 5.07. The Hall–Kier alpha value is -1.30. The van der Waals surface area contributed by atoms with E-state index in [4.69, 9.17) is 0 Å². The number of benzene rings is 1. The van der Waals surface area contributed by atoms with Gasteiger partial charge in [0.25, 0.3) is 0 Å². The van der Waals surface area contributed by atoms with Crippen LogP contribution in [0.5, 0.6) is 0 Å². The molecule has 0 aliphatic heterocycles. The van der Waals surface area contributed by atoms with E-state index < -0.39 is 11.6 Å². The van der Waals surface area contributed by atoms with Crippen molar-refractivity contribution < 1.29 is 8.78 Å². The van der Waals surface area contributed by atoms with E-state index in [9.17, 15) is 8.78 Å². The minimum Gasteiger partial charge on any atom is -0.248 e. The quantitative estimate of drug-likeness (QED) is 0.813. The zero-order valence-electron chi connectivity index (χ0n) is 8.91. The van der Waals surface area contributed by atoms with Gasteiger partial charge in [-0.25, -0.2) is 13.5 Å². The van der Waals surface area contributed by atoms with Crippen LogP contribution in [0.25, 0.3) is 0 Å². The Bertz CT molecular complexity index is 493. The third-order valence-electron chi connectivity index (χ3n) is 2.20. The van der Waals surface area contributed by atoms with Crippen LogP contribution in [0, 0.1) is 11.6 Å². The summed E-state index contributed by atoms with van der Waals surface area (Å²) in [5.41, 5.74) is 1.37. The summed E-state index contributed by atoms with van der Waals surface area (Å²) in [5, 5.41) is 8.64. The summed E-state index contributed by atoms with van der Waals surface area (Å²) in [6.45, 7) is 0.309. The fourth-order valence-corrected chi connectivity index (χ4v) is 1.92. The molecule has 1 aromatic carbocycles. The van der Waals surface area contributed by atoms with Crippen LogP contribution in [0.1, 0.15) is 11.3 Å². The Morgan fingerprint density at radius 2 is 1.88 bits per heavy atom. The minimum absolute atomic E-state index is 0.309. The number of aromatic nitrogens is 3. The first-order chi connectivity index (χ1) is 8.17. The lowest BCUT2D eigenvalue weighted by atomic mass is 10.2. The Kier molecular flexibility index (Phi) is 3.83. The molecule has 0 N–H and O–H groups in total. The van der Waals surface area contributed by atoms with Gasteiger partial charge in [-0.3, -0.25) is 0 Å². The molecule has 0 unspecified atom stereocenters. The highest BCUT2D eigenvalue weighted by molar-refractivity contribution is 9.09. The number of alkyl halides is 1. The predicted molar refractivity (Wildman–Crippen MR) is 63.0 cm³/mol. The first kappa shape index (κ1) is 12.2. The third kappa shape index (κ3) is 3.33. The average molecular weight is 302 g/mol. The van der Waals surface area contributed by atoms with Gasteiger partial charge in [-0.15, -0.1) is 5.10 Å². The molecule has 0 atom stereocenters. The average Bonchev–Trinajstić information content (AvgIpc) is 2.64. The van der Waals surface area contributed by atoms with Crippen molar-refractivity contribution in [1.82, 2.24) is 15.0 Å². The predicted octanol–water partition coefficient (Wildman–Crippen LogP) is 2.54. The highest BCUT2D eigenvalue weighted by Crippen LogP contribution is 2.09. The van der Waals surface area contributed by atoms with E-state index in [0.717, 1.165) is 23.5 Å². The summed E-state index contributed by atoms with van der Waals surface area (Å²) in [5.74, 6) is -1.17. The van der Waals surface area contributed by atoms with Crippen molar-refractivity contribution in [2.24, 2.45) is 0 Å². The molecule has 90 valence electrons. The lowest BCUT2D eigenvalue weighted by molar-refractivity contribution is 0.572. The lowest BCUT2D eigenvalue weighted by Gasteiger charge is -2.01. The molecule has 0 radical (unpaired) electrons. The summed E-state index contributed by atoms with van der Waals surface area (Å²) < 4.78 is 27.5. The maximum atomic E-state index is 13.0. The third-order valence-corrected chi connectivity index (χ3v) is 2.60. The SMILES string of the molecule is Fc1cc(F)cc(Cn2cc(CCBr)nn2)c1. The summed E-state index contributed by atoms with van der Waals surface area (Å²) in [6.07, 6.45) is 2.54. The van der Waals surface area contributed by atoms with Crippen molar-refractivity contribution in [3.05, 3.63) is 47.3 Å². The largest absolute Gasteiger partial charge is 0.248 e. The first-order valence-corrected chi connectivity index (χ1v) is 6.19. The van der Waals surface area contributed by atoms with Crippen molar-refractivity contribution in [3.8, 4) is 0 Å². The van der Waals surface area contributed by atoms with Gasteiger partial charge in [0.15, 0.2) is 0 Å². The number of hydrogen-bond acceptors (Lipinski definition) is 2. The monoisotopic (exact) mass is 301 g/mol. The molecule has 2 aromatic rings. The second kappa shape index (κ2) is 5.35. The van der Waals surface area contributed by atoms with Crippen LogP contribution in [0.15, 0.2) is 24.4 Å². The van der Waals surface area contributed by atoms with Gasteiger partial charge >= 0.3 is 0 Å². The topological polar surface area (TPSA) is 30.7 Å². The fourth-order valence-electron chi connectivity index (χ4n) is 1.52. The fraction of sp³-hybridized carbons (Fsp3) is 0.273. The van der Waals surface area contributed by atoms with Crippen LogP contribution < -0.4 is 0 Å². The minimum atomic E-state index is -0.583. The molecular formula is C11H10BrF2N3. The van der Waals surface area contributed by atoms with Crippen LogP contribution >= 0.6 is 15.9 Å². The molecule has 0 fully saturated rings. The van der Waals surface area contributed by atoms with E-state index >= 15 is 0 Å². The molecule has 0 aliphatic rings. The van der Waals surface area contributed by atoms with Gasteiger partial charge in [-0.05, 0) is 17.7 Å². The van der Waals surface area contributed by atoms with E-state index in [1.165, 1.54) is 12.1 Å². The smallest absolute Gasteiger partial charge is 0.126 e. The van der Waals surface area contributed by atoms with Gasteiger partial charge in [-0.2, -0.15) is 0 Å². The van der Waals surface area contributed by atoms with Gasteiger partial charge in [-0.1, -0.05) is 21.1 Å². The van der Waals surface area contributed by atoms with Crippen LogP contribution in [-0.2, 0) is 13.0 Å². The molecule has 2 rings (SSSR count). The summed E-state index contributed by atoms with van der Waals surface area (Å²) >= 11 is 3.31. The van der Waals surface area contributed by atoms with Gasteiger partial charge in [0.1, 0.15) is 11.6 Å². The number of aryl methyl sites for hydroxylation is 1. The zero-order valence-corrected chi connectivity index (χ0v) is 10.5.